The zero-order valence-corrected chi connectivity index (χ0v) is 18.8. The van der Waals surface area contributed by atoms with Crippen LogP contribution in [-0.4, -0.2) is 47.7 Å². The van der Waals surface area contributed by atoms with Crippen molar-refractivity contribution >= 4 is 28.9 Å². The lowest BCUT2D eigenvalue weighted by atomic mass is 9.86. The van der Waals surface area contributed by atoms with Gasteiger partial charge in [0.2, 0.25) is 5.84 Å². The van der Waals surface area contributed by atoms with Gasteiger partial charge in [-0.3, -0.25) is 20.5 Å². The maximum Gasteiger partial charge on any atom is 0.308 e. The van der Waals surface area contributed by atoms with Gasteiger partial charge < -0.3 is 15.7 Å². The van der Waals surface area contributed by atoms with Gasteiger partial charge in [-0.2, -0.15) is 0 Å². The normalized spacial score (nSPS) is 19.4. The van der Waals surface area contributed by atoms with Gasteiger partial charge in [-0.15, -0.1) is 11.3 Å². The number of carbonyl (C=O) groups is 1. The number of hydrogen-bond acceptors (Lipinski definition) is 4. The largest absolute Gasteiger partial charge is 0.507 e. The Morgan fingerprint density at radius 2 is 2.00 bits per heavy atom. The summed E-state index contributed by atoms with van der Waals surface area (Å²) in [6.07, 6.45) is 3.93. The first kappa shape index (κ1) is 22.7. The quantitative estimate of drug-likeness (QED) is 0.433. The van der Waals surface area contributed by atoms with Crippen molar-refractivity contribution in [2.45, 2.75) is 46.2 Å². The van der Waals surface area contributed by atoms with Crippen molar-refractivity contribution in [3.8, 4) is 0 Å². The van der Waals surface area contributed by atoms with Gasteiger partial charge in [0.05, 0.1) is 11.6 Å². The minimum atomic E-state index is -0.537. The molecule has 0 saturated heterocycles. The molecule has 29 heavy (non-hydrogen) atoms. The van der Waals surface area contributed by atoms with Gasteiger partial charge in [0.15, 0.2) is 6.04 Å². The molecule has 1 aromatic heterocycles. The number of nitrogens with one attached hydrogen (secondary N) is 1. The van der Waals surface area contributed by atoms with Crippen LogP contribution < -0.4 is 16.5 Å². The number of aryl methyl sites for hydroxylation is 1. The topological polar surface area (TPSA) is 119 Å². The summed E-state index contributed by atoms with van der Waals surface area (Å²) in [6, 6.07) is 3.44. The van der Waals surface area contributed by atoms with E-state index in [1.807, 2.05) is 6.08 Å². The molecule has 1 aromatic rings. The number of thiophene rings is 1. The molecule has 1 aliphatic rings. The van der Waals surface area contributed by atoms with E-state index >= 15 is 0 Å². The Labute approximate surface area is 176 Å². The minimum absolute atomic E-state index is 0.0526. The molecule has 0 saturated carbocycles. The number of aliphatic hydroxyl groups is 1. The van der Waals surface area contributed by atoms with Gasteiger partial charge in [-0.25, -0.2) is 0 Å². The summed E-state index contributed by atoms with van der Waals surface area (Å²) in [5, 5.41) is 10.5. The fourth-order valence-electron chi connectivity index (χ4n) is 3.01. The van der Waals surface area contributed by atoms with Crippen LogP contribution in [0.5, 0.6) is 0 Å². The highest BCUT2D eigenvalue weighted by Gasteiger charge is 2.30. The lowest BCUT2D eigenvalue weighted by Gasteiger charge is -2.26. The number of aliphatic hydroxyl groups excluding tert-OH is 1. The minimum Gasteiger partial charge on any atom is -0.507 e. The molecule has 1 unspecified atom stereocenters. The number of nitrogens with zero attached hydrogens (tertiary/aromatic N) is 2. The van der Waals surface area contributed by atoms with Crippen LogP contribution >= 0.6 is 11.3 Å². The van der Waals surface area contributed by atoms with Gasteiger partial charge in [0.1, 0.15) is 5.76 Å². The Balaban J connectivity index is 2.34. The van der Waals surface area contributed by atoms with Crippen LogP contribution in [0.1, 0.15) is 43.0 Å². The summed E-state index contributed by atoms with van der Waals surface area (Å²) < 4.78 is 0. The fraction of sp³-hybridized carbons (Fsp3) is 0.476. The van der Waals surface area contributed by atoms with Crippen LogP contribution in [0.2, 0.25) is 0 Å². The summed E-state index contributed by atoms with van der Waals surface area (Å²) in [7, 11) is 3.27. The average molecular weight is 419 g/mol. The van der Waals surface area contributed by atoms with E-state index < -0.39 is 6.04 Å². The molecule has 6 N–H and O–H groups in total. The second-order valence-corrected chi connectivity index (χ2v) is 9.80. The van der Waals surface area contributed by atoms with E-state index in [2.05, 4.69) is 44.8 Å². The van der Waals surface area contributed by atoms with E-state index in [0.717, 1.165) is 4.88 Å². The zero-order chi connectivity index (χ0) is 21.9. The highest BCUT2D eigenvalue weighted by molar-refractivity contribution is 7.12. The molecule has 2 atom stereocenters. The first-order chi connectivity index (χ1) is 13.4. The standard InChI is InChI=1S/C21H31N5O2S/c1-12-10-11-15(29-12)17(21(2,3)4)25-19(23)18(22)24-14-9-7-8-13(16(14)27)20(28)26(5)6/h7-8,10-11,14,17,27H,9H2,1-6H3,(H2,22,24)(H2,23,25)/p+1/t14?,17-/m0/s1. The predicted molar refractivity (Wildman–Crippen MR) is 119 cm³/mol. The monoisotopic (exact) mass is 418 g/mol. The summed E-state index contributed by atoms with van der Waals surface area (Å²) in [4.78, 5) is 23.7. The third kappa shape index (κ3) is 5.47. The SMILES string of the molecule is Cc1ccc([C@H](N=C(N)C(N)=[NH+]C2CC=CC(C(=O)N(C)C)=C2O)C(C)(C)C)s1. The van der Waals surface area contributed by atoms with E-state index in [1.54, 1.807) is 31.5 Å². The fourth-order valence-corrected chi connectivity index (χ4v) is 4.17. The average Bonchev–Trinajstić information content (AvgIpc) is 3.05. The van der Waals surface area contributed by atoms with Gasteiger partial charge >= 0.3 is 5.84 Å². The second-order valence-electron chi connectivity index (χ2n) is 8.48. The van der Waals surface area contributed by atoms with Crippen molar-refractivity contribution < 1.29 is 14.9 Å². The van der Waals surface area contributed by atoms with E-state index in [0.29, 0.717) is 6.42 Å². The number of amidine groups is 2. The molecule has 158 valence electrons. The van der Waals surface area contributed by atoms with Crippen molar-refractivity contribution in [3.63, 3.8) is 0 Å². The molecule has 0 aromatic carbocycles. The van der Waals surface area contributed by atoms with Crippen molar-refractivity contribution in [3.05, 3.63) is 45.4 Å². The molecule has 1 amide bonds. The first-order valence-corrected chi connectivity index (χ1v) is 10.3. The van der Waals surface area contributed by atoms with Crippen LogP contribution in [0.3, 0.4) is 0 Å². The number of hydrogen-bond donors (Lipinski definition) is 4. The van der Waals surface area contributed by atoms with Gasteiger partial charge in [0.25, 0.3) is 5.91 Å². The number of nitrogens with two attached hydrogens (primary N) is 2. The molecular formula is C21H32N5O2S+. The molecule has 0 fully saturated rings. The Morgan fingerprint density at radius 1 is 1.34 bits per heavy atom. The summed E-state index contributed by atoms with van der Waals surface area (Å²) >= 11 is 1.69. The van der Waals surface area contributed by atoms with Crippen molar-refractivity contribution in [2.75, 3.05) is 14.1 Å². The number of amides is 1. The molecule has 0 bridgehead atoms. The van der Waals surface area contributed by atoms with Crippen molar-refractivity contribution in [1.29, 1.82) is 0 Å². The molecule has 1 heterocycles. The number of rotatable bonds is 4. The molecular weight excluding hydrogens is 386 g/mol. The first-order valence-electron chi connectivity index (χ1n) is 9.52. The van der Waals surface area contributed by atoms with Gasteiger partial charge in [-0.1, -0.05) is 26.8 Å². The van der Waals surface area contributed by atoms with Crippen LogP contribution in [-0.2, 0) is 4.79 Å². The Morgan fingerprint density at radius 3 is 2.52 bits per heavy atom. The molecule has 8 heteroatoms. The Hall–Kier alpha value is -2.61. The van der Waals surface area contributed by atoms with E-state index in [-0.39, 0.29) is 40.4 Å². The maximum atomic E-state index is 12.2. The van der Waals surface area contributed by atoms with Crippen LogP contribution in [0.15, 0.2) is 40.6 Å². The summed E-state index contributed by atoms with van der Waals surface area (Å²) in [5.41, 5.74) is 12.5. The highest BCUT2D eigenvalue weighted by atomic mass is 32.1. The van der Waals surface area contributed by atoms with Crippen molar-refractivity contribution in [2.24, 2.45) is 21.9 Å². The molecule has 0 aliphatic heterocycles. The summed E-state index contributed by atoms with van der Waals surface area (Å²) in [6.45, 7) is 8.37. The highest BCUT2D eigenvalue weighted by Crippen LogP contribution is 2.39. The van der Waals surface area contributed by atoms with Gasteiger partial charge in [-0.05, 0) is 30.5 Å². The van der Waals surface area contributed by atoms with Crippen LogP contribution in [0, 0.1) is 12.3 Å². The molecule has 2 rings (SSSR count). The number of likely N-dealkylation sites (N-methyl/N-ethyl adjacent to an activating group) is 1. The lowest BCUT2D eigenvalue weighted by molar-refractivity contribution is -0.495. The third-order valence-corrected chi connectivity index (χ3v) is 5.68. The van der Waals surface area contributed by atoms with Gasteiger partial charge in [0, 0.05) is 30.3 Å². The Kier molecular flexibility index (Phi) is 6.89. The number of carbonyl (C=O) groups excluding carboxylic acids is 1. The lowest BCUT2D eigenvalue weighted by Crippen LogP contribution is -2.84. The summed E-state index contributed by atoms with van der Waals surface area (Å²) in [5.74, 6) is 0.0318. The smallest absolute Gasteiger partial charge is 0.308 e. The molecule has 7 nitrogen and oxygen atoms in total. The van der Waals surface area contributed by atoms with E-state index in [9.17, 15) is 9.90 Å². The second kappa shape index (κ2) is 8.82. The van der Waals surface area contributed by atoms with E-state index in [4.69, 9.17) is 16.5 Å². The van der Waals surface area contributed by atoms with E-state index in [1.165, 1.54) is 9.78 Å². The Bertz CT molecular complexity index is 887. The molecule has 0 spiro atoms. The number of aliphatic imine (C=N–C) groups is 1. The van der Waals surface area contributed by atoms with Crippen LogP contribution in [0.4, 0.5) is 0 Å². The third-order valence-electron chi connectivity index (χ3n) is 4.62. The molecule has 1 aliphatic carbocycles. The predicted octanol–water partition coefficient (Wildman–Crippen LogP) is 1.17. The van der Waals surface area contributed by atoms with Crippen LogP contribution in [0.25, 0.3) is 0 Å². The zero-order valence-electron chi connectivity index (χ0n) is 18.0. The molecule has 0 radical (unpaired) electrons. The van der Waals surface area contributed by atoms with Crippen molar-refractivity contribution in [1.82, 2.24) is 4.90 Å². The maximum absolute atomic E-state index is 12.2.